The summed E-state index contributed by atoms with van der Waals surface area (Å²) in [4.78, 5) is 28.5. The van der Waals surface area contributed by atoms with Crippen molar-refractivity contribution < 1.29 is 29.7 Å². The van der Waals surface area contributed by atoms with Crippen molar-refractivity contribution in [3.05, 3.63) is 35.4 Å². The maximum Gasteiger partial charge on any atom is 0.414 e. The van der Waals surface area contributed by atoms with Gasteiger partial charge in [-0.2, -0.15) is 0 Å². The first-order valence-corrected chi connectivity index (χ1v) is 7.21. The maximum atomic E-state index is 10.3. The Morgan fingerprint density at radius 1 is 0.957 bits per heavy atom. The van der Waals surface area contributed by atoms with Crippen molar-refractivity contribution in [2.24, 2.45) is 0 Å². The lowest BCUT2D eigenvalue weighted by Crippen LogP contribution is -2.20. The predicted octanol–water partition coefficient (Wildman–Crippen LogP) is 1.57. The Morgan fingerprint density at radius 2 is 1.48 bits per heavy atom. The zero-order chi connectivity index (χ0) is 17.8. The van der Waals surface area contributed by atoms with E-state index < -0.39 is 17.9 Å². The minimum absolute atomic E-state index is 0.187. The van der Waals surface area contributed by atoms with Crippen molar-refractivity contribution in [3.8, 4) is 0 Å². The smallest absolute Gasteiger partial charge is 0.414 e. The normalized spacial score (nSPS) is 9.87. The molecule has 1 rings (SSSR count). The molecule has 0 atom stereocenters. The second kappa shape index (κ2) is 11.2. The highest BCUT2D eigenvalue weighted by molar-refractivity contribution is 6.27. The zero-order valence-electron chi connectivity index (χ0n) is 13.3. The van der Waals surface area contributed by atoms with Crippen LogP contribution in [0.15, 0.2) is 24.3 Å². The average molecular weight is 325 g/mol. The van der Waals surface area contributed by atoms with E-state index in [1.165, 1.54) is 11.1 Å². The largest absolute Gasteiger partial charge is 0.481 e. The topological polar surface area (TPSA) is 124 Å². The van der Waals surface area contributed by atoms with Gasteiger partial charge in [-0.1, -0.05) is 38.1 Å². The van der Waals surface area contributed by atoms with Gasteiger partial charge in [0.25, 0.3) is 0 Å². The van der Waals surface area contributed by atoms with E-state index in [1.54, 1.807) is 0 Å². The monoisotopic (exact) mass is 325 g/mol. The van der Waals surface area contributed by atoms with Crippen molar-refractivity contribution in [3.63, 3.8) is 0 Å². The summed E-state index contributed by atoms with van der Waals surface area (Å²) in [6, 6.07) is 8.62. The van der Waals surface area contributed by atoms with Gasteiger partial charge >= 0.3 is 17.9 Å². The van der Waals surface area contributed by atoms with Crippen LogP contribution in [0.25, 0.3) is 0 Å². The second-order valence-corrected chi connectivity index (χ2v) is 5.15. The van der Waals surface area contributed by atoms with Gasteiger partial charge in [-0.25, -0.2) is 9.59 Å². The number of carboxylic acids is 3. The van der Waals surface area contributed by atoms with Crippen LogP contribution < -0.4 is 5.32 Å². The highest BCUT2D eigenvalue weighted by atomic mass is 16.4. The molecule has 23 heavy (non-hydrogen) atoms. The lowest BCUT2D eigenvalue weighted by atomic mass is 10.0. The molecule has 128 valence electrons. The van der Waals surface area contributed by atoms with Gasteiger partial charge in [0.15, 0.2) is 0 Å². The minimum atomic E-state index is -1.82. The molecule has 7 nitrogen and oxygen atoms in total. The molecule has 0 fully saturated rings. The molecule has 0 spiro atoms. The quantitative estimate of drug-likeness (QED) is 0.443. The third-order valence-corrected chi connectivity index (χ3v) is 2.94. The Bertz CT molecular complexity index is 498. The lowest BCUT2D eigenvalue weighted by Gasteiger charge is -2.07. The molecule has 4 N–H and O–H groups in total. The van der Waals surface area contributed by atoms with Crippen LogP contribution in [0.5, 0.6) is 0 Å². The first kappa shape index (κ1) is 20.6. The molecule has 0 aromatic heterocycles. The zero-order valence-corrected chi connectivity index (χ0v) is 13.3. The minimum Gasteiger partial charge on any atom is -0.481 e. The number of hydrogen-bond acceptors (Lipinski definition) is 4. The lowest BCUT2D eigenvalue weighted by molar-refractivity contribution is -0.159. The molecule has 0 heterocycles. The van der Waals surface area contributed by atoms with Gasteiger partial charge in [-0.3, -0.25) is 4.79 Å². The first-order chi connectivity index (χ1) is 10.7. The van der Waals surface area contributed by atoms with Crippen molar-refractivity contribution in [2.75, 3.05) is 13.1 Å². The SMILES string of the molecule is CC(C)c1ccc(CCNCCC(=O)O)cc1.O=C(O)C(=O)O. The molecule has 0 bridgehead atoms. The van der Waals surface area contributed by atoms with Gasteiger partial charge in [0.05, 0.1) is 6.42 Å². The predicted molar refractivity (Wildman–Crippen MR) is 84.6 cm³/mol. The van der Waals surface area contributed by atoms with Crippen LogP contribution in [-0.2, 0) is 20.8 Å². The van der Waals surface area contributed by atoms with Crippen LogP contribution in [0, 0.1) is 0 Å². The molecular formula is C16H23NO6. The number of benzene rings is 1. The summed E-state index contributed by atoms with van der Waals surface area (Å²) in [5, 5.41) is 26.4. The maximum absolute atomic E-state index is 10.3. The van der Waals surface area contributed by atoms with E-state index in [-0.39, 0.29) is 6.42 Å². The van der Waals surface area contributed by atoms with E-state index in [0.717, 1.165) is 13.0 Å². The molecular weight excluding hydrogens is 302 g/mol. The number of nitrogens with one attached hydrogen (secondary N) is 1. The van der Waals surface area contributed by atoms with E-state index in [1.807, 2.05) is 0 Å². The van der Waals surface area contributed by atoms with Crippen molar-refractivity contribution >= 4 is 17.9 Å². The molecule has 0 aliphatic heterocycles. The van der Waals surface area contributed by atoms with Gasteiger partial charge in [0.1, 0.15) is 0 Å². The average Bonchev–Trinajstić information content (AvgIpc) is 2.47. The highest BCUT2D eigenvalue weighted by Crippen LogP contribution is 2.14. The summed E-state index contributed by atoms with van der Waals surface area (Å²) in [6.07, 6.45) is 1.13. The second-order valence-electron chi connectivity index (χ2n) is 5.15. The highest BCUT2D eigenvalue weighted by Gasteiger charge is 2.04. The summed E-state index contributed by atoms with van der Waals surface area (Å²) in [6.45, 7) is 5.73. The van der Waals surface area contributed by atoms with E-state index in [2.05, 4.69) is 43.4 Å². The summed E-state index contributed by atoms with van der Waals surface area (Å²) >= 11 is 0. The van der Waals surface area contributed by atoms with Crippen LogP contribution in [0.3, 0.4) is 0 Å². The number of carbonyl (C=O) groups is 3. The van der Waals surface area contributed by atoms with Crippen molar-refractivity contribution in [2.45, 2.75) is 32.6 Å². The molecule has 0 saturated carbocycles. The Hall–Kier alpha value is -2.41. The fraction of sp³-hybridized carbons (Fsp3) is 0.438. The van der Waals surface area contributed by atoms with Crippen LogP contribution in [0.1, 0.15) is 37.3 Å². The molecule has 0 aliphatic rings. The Balaban J connectivity index is 0.000000688. The van der Waals surface area contributed by atoms with Gasteiger partial charge in [0, 0.05) is 6.54 Å². The summed E-state index contributed by atoms with van der Waals surface area (Å²) < 4.78 is 0. The van der Waals surface area contributed by atoms with Gasteiger partial charge in [0.2, 0.25) is 0 Å². The fourth-order valence-corrected chi connectivity index (χ4v) is 1.62. The van der Waals surface area contributed by atoms with Crippen LogP contribution >= 0.6 is 0 Å². The van der Waals surface area contributed by atoms with Crippen molar-refractivity contribution in [1.29, 1.82) is 0 Å². The number of rotatable bonds is 7. The summed E-state index contributed by atoms with van der Waals surface area (Å²) in [5.41, 5.74) is 2.64. The van der Waals surface area contributed by atoms with Gasteiger partial charge < -0.3 is 20.6 Å². The summed E-state index contributed by atoms with van der Waals surface area (Å²) in [7, 11) is 0. The number of aliphatic carboxylic acids is 3. The van der Waals surface area contributed by atoms with E-state index in [0.29, 0.717) is 12.5 Å². The first-order valence-electron chi connectivity index (χ1n) is 7.21. The Morgan fingerprint density at radius 3 is 1.87 bits per heavy atom. The third-order valence-electron chi connectivity index (χ3n) is 2.94. The molecule has 0 amide bonds. The number of hydrogen-bond donors (Lipinski definition) is 4. The third kappa shape index (κ3) is 10.9. The van der Waals surface area contributed by atoms with Crippen molar-refractivity contribution in [1.82, 2.24) is 5.32 Å². The molecule has 0 saturated heterocycles. The standard InChI is InChI=1S/C14H21NO2.C2H2O4/c1-11(2)13-5-3-12(4-6-13)7-9-15-10-8-14(16)17;3-1(4)2(5)6/h3-6,11,15H,7-10H2,1-2H3,(H,16,17);(H,3,4)(H,5,6). The van der Waals surface area contributed by atoms with Crippen LogP contribution in [-0.4, -0.2) is 46.3 Å². The molecule has 1 aromatic carbocycles. The molecule has 7 heteroatoms. The summed E-state index contributed by atoms with van der Waals surface area (Å²) in [5.74, 6) is -3.83. The molecule has 0 unspecified atom stereocenters. The molecule has 0 radical (unpaired) electrons. The molecule has 1 aromatic rings. The Kier molecular flexibility index (Phi) is 10.0. The van der Waals surface area contributed by atoms with Gasteiger partial charge in [-0.05, 0) is 30.0 Å². The molecule has 0 aliphatic carbocycles. The number of carboxylic acid groups (broad SMARTS) is 3. The van der Waals surface area contributed by atoms with E-state index in [9.17, 15) is 4.79 Å². The van der Waals surface area contributed by atoms with Crippen LogP contribution in [0.4, 0.5) is 0 Å². The van der Waals surface area contributed by atoms with Gasteiger partial charge in [-0.15, -0.1) is 0 Å². The Labute approximate surface area is 135 Å². The van der Waals surface area contributed by atoms with Crippen LogP contribution in [0.2, 0.25) is 0 Å². The van der Waals surface area contributed by atoms with E-state index in [4.69, 9.17) is 24.9 Å². The van der Waals surface area contributed by atoms with E-state index >= 15 is 0 Å². The fourth-order valence-electron chi connectivity index (χ4n) is 1.62.